The smallest absolute Gasteiger partial charge is 0.338 e. The van der Waals surface area contributed by atoms with Crippen molar-refractivity contribution in [1.29, 1.82) is 0 Å². The molecule has 3 aromatic rings. The van der Waals surface area contributed by atoms with Crippen LogP contribution in [-0.2, 0) is 9.53 Å². The van der Waals surface area contributed by atoms with Crippen LogP contribution in [0.4, 0.5) is 11.4 Å². The molecule has 2 aromatic carbocycles. The van der Waals surface area contributed by atoms with Crippen molar-refractivity contribution < 1.29 is 23.5 Å². The molecule has 1 aromatic heterocycles. The first-order chi connectivity index (χ1) is 15.4. The molecular formula is C25H26N2O5. The Hall–Kier alpha value is -3.87. The highest BCUT2D eigenvalue weighted by Crippen LogP contribution is 2.26. The number of aryl methyl sites for hydroxylation is 1. The van der Waals surface area contributed by atoms with Gasteiger partial charge in [-0.15, -0.1) is 0 Å². The topological polar surface area (TPSA) is 97.6 Å². The summed E-state index contributed by atoms with van der Waals surface area (Å²) in [7, 11) is 0. The number of rotatable bonds is 8. The first-order valence-electron chi connectivity index (χ1n) is 10.4. The molecule has 0 saturated heterocycles. The number of carbonyl (C=O) groups is 3. The summed E-state index contributed by atoms with van der Waals surface area (Å²) in [6.07, 6.45) is 2.34. The van der Waals surface area contributed by atoms with E-state index in [1.165, 1.54) is 12.3 Å². The highest BCUT2D eigenvalue weighted by Gasteiger charge is 2.16. The van der Waals surface area contributed by atoms with Gasteiger partial charge in [0.05, 0.1) is 11.8 Å². The molecule has 0 bridgehead atoms. The maximum absolute atomic E-state index is 12.5. The number of ether oxygens (including phenoxy) is 1. The molecule has 2 amide bonds. The fourth-order valence-electron chi connectivity index (χ4n) is 3.14. The second-order valence-corrected chi connectivity index (χ2v) is 7.48. The summed E-state index contributed by atoms with van der Waals surface area (Å²) in [5.74, 6) is -1.07. The standard InChI is InChI=1S/C25H26N2O5/c1-4-16(2)19-8-5-6-9-20(19)26-23(28)15-32-25(30)18-12-11-17(3)21(14-18)27-24(29)22-10-7-13-31-22/h5-14,16H,4,15H2,1-3H3,(H,26,28)(H,27,29)/t16-/m1/s1. The average Bonchev–Trinajstić information content (AvgIpc) is 3.34. The van der Waals surface area contributed by atoms with E-state index < -0.39 is 24.4 Å². The Bertz CT molecular complexity index is 1110. The Morgan fingerprint density at radius 1 is 1.00 bits per heavy atom. The van der Waals surface area contributed by atoms with Crippen molar-refractivity contribution in [2.24, 2.45) is 0 Å². The van der Waals surface area contributed by atoms with Crippen molar-refractivity contribution in [2.75, 3.05) is 17.2 Å². The normalized spacial score (nSPS) is 11.5. The number of furan rings is 1. The first-order valence-corrected chi connectivity index (χ1v) is 10.4. The van der Waals surface area contributed by atoms with E-state index in [2.05, 4.69) is 24.5 Å². The van der Waals surface area contributed by atoms with Gasteiger partial charge in [-0.25, -0.2) is 4.79 Å². The molecule has 1 atom stereocenters. The molecule has 3 rings (SSSR count). The van der Waals surface area contributed by atoms with E-state index in [4.69, 9.17) is 9.15 Å². The summed E-state index contributed by atoms with van der Waals surface area (Å²) in [6, 6.07) is 15.5. The van der Waals surface area contributed by atoms with Crippen LogP contribution in [0.1, 0.15) is 58.2 Å². The third-order valence-corrected chi connectivity index (χ3v) is 5.18. The van der Waals surface area contributed by atoms with Gasteiger partial charge >= 0.3 is 5.97 Å². The molecule has 0 aliphatic rings. The molecule has 0 saturated carbocycles. The zero-order chi connectivity index (χ0) is 23.1. The molecule has 0 unspecified atom stereocenters. The lowest BCUT2D eigenvalue weighted by Gasteiger charge is -2.15. The van der Waals surface area contributed by atoms with Gasteiger partial charge in [0.15, 0.2) is 12.4 Å². The second kappa shape index (κ2) is 10.4. The van der Waals surface area contributed by atoms with Crippen molar-refractivity contribution in [3.63, 3.8) is 0 Å². The number of benzene rings is 2. The van der Waals surface area contributed by atoms with Gasteiger partial charge in [0.2, 0.25) is 0 Å². The summed E-state index contributed by atoms with van der Waals surface area (Å²) in [4.78, 5) is 37.0. The predicted octanol–water partition coefficient (Wildman–Crippen LogP) is 5.15. The van der Waals surface area contributed by atoms with E-state index >= 15 is 0 Å². The maximum atomic E-state index is 12.5. The fraction of sp³-hybridized carbons (Fsp3) is 0.240. The van der Waals surface area contributed by atoms with Crippen LogP contribution in [0.15, 0.2) is 65.3 Å². The number of carbonyl (C=O) groups excluding carboxylic acids is 3. The number of hydrogen-bond donors (Lipinski definition) is 2. The summed E-state index contributed by atoms with van der Waals surface area (Å²) in [6.45, 7) is 5.55. The SMILES string of the molecule is CC[C@@H](C)c1ccccc1NC(=O)COC(=O)c1ccc(C)c(NC(=O)c2ccco2)c1. The van der Waals surface area contributed by atoms with Crippen molar-refractivity contribution in [3.8, 4) is 0 Å². The van der Waals surface area contributed by atoms with Gasteiger partial charge in [0, 0.05) is 11.4 Å². The Morgan fingerprint density at radius 3 is 2.50 bits per heavy atom. The fourth-order valence-corrected chi connectivity index (χ4v) is 3.14. The van der Waals surface area contributed by atoms with Gasteiger partial charge in [-0.1, -0.05) is 38.1 Å². The van der Waals surface area contributed by atoms with Crippen molar-refractivity contribution >= 4 is 29.2 Å². The zero-order valence-corrected chi connectivity index (χ0v) is 18.3. The lowest BCUT2D eigenvalue weighted by Crippen LogP contribution is -2.22. The molecule has 0 radical (unpaired) electrons. The lowest BCUT2D eigenvalue weighted by atomic mass is 9.97. The Kier molecular flexibility index (Phi) is 7.44. The van der Waals surface area contributed by atoms with Crippen molar-refractivity contribution in [3.05, 3.63) is 83.3 Å². The lowest BCUT2D eigenvalue weighted by molar-refractivity contribution is -0.119. The molecule has 0 aliphatic heterocycles. The van der Waals surface area contributed by atoms with Crippen LogP contribution in [-0.4, -0.2) is 24.4 Å². The summed E-state index contributed by atoms with van der Waals surface area (Å²) < 4.78 is 10.3. The Balaban J connectivity index is 1.61. The minimum atomic E-state index is -0.663. The molecule has 2 N–H and O–H groups in total. The van der Waals surface area contributed by atoms with Gasteiger partial charge in [0.1, 0.15) is 0 Å². The van der Waals surface area contributed by atoms with Gasteiger partial charge in [0.25, 0.3) is 11.8 Å². The highest BCUT2D eigenvalue weighted by atomic mass is 16.5. The van der Waals surface area contributed by atoms with Crippen LogP contribution >= 0.6 is 0 Å². The molecule has 32 heavy (non-hydrogen) atoms. The van der Waals surface area contributed by atoms with Crippen LogP contribution in [0, 0.1) is 6.92 Å². The number of hydrogen-bond acceptors (Lipinski definition) is 5. The molecule has 0 spiro atoms. The van der Waals surface area contributed by atoms with E-state index in [1.807, 2.05) is 24.3 Å². The quantitative estimate of drug-likeness (QED) is 0.478. The van der Waals surface area contributed by atoms with E-state index in [1.54, 1.807) is 31.2 Å². The molecule has 7 nitrogen and oxygen atoms in total. The summed E-state index contributed by atoms with van der Waals surface area (Å²) in [5, 5.41) is 5.52. The van der Waals surface area contributed by atoms with Crippen LogP contribution in [0.25, 0.3) is 0 Å². The van der Waals surface area contributed by atoms with Gasteiger partial charge in [-0.05, 0) is 60.7 Å². The van der Waals surface area contributed by atoms with E-state index in [0.717, 1.165) is 17.5 Å². The molecular weight excluding hydrogens is 408 g/mol. The first kappa shape index (κ1) is 22.8. The summed E-state index contributed by atoms with van der Waals surface area (Å²) >= 11 is 0. The summed E-state index contributed by atoms with van der Waals surface area (Å²) in [5.41, 5.74) is 3.18. The van der Waals surface area contributed by atoms with E-state index in [9.17, 15) is 14.4 Å². The molecule has 166 valence electrons. The molecule has 0 fully saturated rings. The van der Waals surface area contributed by atoms with Crippen molar-refractivity contribution in [1.82, 2.24) is 0 Å². The second-order valence-electron chi connectivity index (χ2n) is 7.48. The number of esters is 1. The Morgan fingerprint density at radius 2 is 1.78 bits per heavy atom. The zero-order valence-electron chi connectivity index (χ0n) is 18.3. The van der Waals surface area contributed by atoms with Gasteiger partial charge in [-0.2, -0.15) is 0 Å². The number of anilines is 2. The molecule has 0 aliphatic carbocycles. The average molecular weight is 434 g/mol. The number of para-hydroxylation sites is 1. The van der Waals surface area contributed by atoms with Crippen LogP contribution < -0.4 is 10.6 Å². The predicted molar refractivity (Wildman–Crippen MR) is 122 cm³/mol. The van der Waals surface area contributed by atoms with Crippen LogP contribution in [0.3, 0.4) is 0 Å². The monoisotopic (exact) mass is 434 g/mol. The van der Waals surface area contributed by atoms with E-state index in [-0.39, 0.29) is 17.2 Å². The maximum Gasteiger partial charge on any atom is 0.338 e. The van der Waals surface area contributed by atoms with Crippen molar-refractivity contribution in [2.45, 2.75) is 33.1 Å². The largest absolute Gasteiger partial charge is 0.459 e. The molecule has 1 heterocycles. The van der Waals surface area contributed by atoms with Crippen LogP contribution in [0.2, 0.25) is 0 Å². The third-order valence-electron chi connectivity index (χ3n) is 5.18. The van der Waals surface area contributed by atoms with E-state index in [0.29, 0.717) is 11.4 Å². The number of amides is 2. The minimum absolute atomic E-state index is 0.159. The highest BCUT2D eigenvalue weighted by molar-refractivity contribution is 6.03. The van der Waals surface area contributed by atoms with Crippen LogP contribution in [0.5, 0.6) is 0 Å². The molecule has 7 heteroatoms. The van der Waals surface area contributed by atoms with Gasteiger partial charge < -0.3 is 19.8 Å². The minimum Gasteiger partial charge on any atom is -0.459 e. The third kappa shape index (κ3) is 5.63. The number of nitrogens with one attached hydrogen (secondary N) is 2. The van der Waals surface area contributed by atoms with Gasteiger partial charge in [-0.3, -0.25) is 9.59 Å². The Labute approximate surface area is 186 Å².